The molecule has 0 aliphatic heterocycles. The van der Waals surface area contributed by atoms with Gasteiger partial charge >= 0.3 is 5.97 Å². The van der Waals surface area contributed by atoms with Crippen molar-refractivity contribution in [3.63, 3.8) is 0 Å². The number of nitrogens with two attached hydrogens (primary N) is 1. The van der Waals surface area contributed by atoms with Gasteiger partial charge in [0.25, 0.3) is 0 Å². The van der Waals surface area contributed by atoms with E-state index in [9.17, 15) is 9.59 Å². The number of fused-ring (bicyclic) bond motifs is 1. The molecule has 0 radical (unpaired) electrons. The normalized spacial score (nSPS) is 12.7. The van der Waals surface area contributed by atoms with Crippen molar-refractivity contribution in [2.75, 3.05) is 0 Å². The first-order chi connectivity index (χ1) is 10.6. The second kappa shape index (κ2) is 6.02. The molecule has 4 heteroatoms. The van der Waals surface area contributed by atoms with Crippen molar-refractivity contribution in [2.45, 2.75) is 25.9 Å². The Hall–Kier alpha value is -2.62. The molecule has 0 unspecified atom stereocenters. The fourth-order valence-electron chi connectivity index (χ4n) is 2.70. The molecule has 1 amide bonds. The summed E-state index contributed by atoms with van der Waals surface area (Å²) in [4.78, 5) is 23.1. The third-order valence-corrected chi connectivity index (χ3v) is 3.94. The first kappa shape index (κ1) is 14.3. The number of aryl methyl sites for hydroxylation is 2. The lowest BCUT2D eigenvalue weighted by atomic mass is 10.1. The number of rotatable bonds is 4. The summed E-state index contributed by atoms with van der Waals surface area (Å²) in [6.45, 7) is 0.176. The van der Waals surface area contributed by atoms with Crippen molar-refractivity contribution in [3.05, 3.63) is 70.3 Å². The van der Waals surface area contributed by atoms with Crippen LogP contribution in [-0.2, 0) is 24.2 Å². The summed E-state index contributed by atoms with van der Waals surface area (Å²) in [5.74, 6) is -0.796. The van der Waals surface area contributed by atoms with Crippen LogP contribution in [0.5, 0.6) is 0 Å². The zero-order valence-corrected chi connectivity index (χ0v) is 12.2. The van der Waals surface area contributed by atoms with Gasteiger partial charge in [0.15, 0.2) is 0 Å². The van der Waals surface area contributed by atoms with Crippen LogP contribution in [0.4, 0.5) is 0 Å². The molecular formula is C18H17NO3. The minimum absolute atomic E-state index is 0.176. The molecule has 0 bridgehead atoms. The Balaban J connectivity index is 1.63. The van der Waals surface area contributed by atoms with Gasteiger partial charge in [0.05, 0.1) is 5.56 Å². The van der Waals surface area contributed by atoms with Gasteiger partial charge in [-0.3, -0.25) is 4.79 Å². The van der Waals surface area contributed by atoms with Crippen molar-refractivity contribution in [2.24, 2.45) is 5.73 Å². The number of carbonyl (C=O) groups is 2. The quantitative estimate of drug-likeness (QED) is 0.882. The average Bonchev–Trinajstić information content (AvgIpc) is 3.00. The van der Waals surface area contributed by atoms with Crippen molar-refractivity contribution < 1.29 is 14.3 Å². The van der Waals surface area contributed by atoms with E-state index >= 15 is 0 Å². The van der Waals surface area contributed by atoms with Gasteiger partial charge < -0.3 is 10.5 Å². The third-order valence-electron chi connectivity index (χ3n) is 3.94. The molecule has 0 saturated heterocycles. The Kier molecular flexibility index (Phi) is 3.92. The van der Waals surface area contributed by atoms with Gasteiger partial charge in [-0.25, -0.2) is 4.79 Å². The number of hydrogen-bond donors (Lipinski definition) is 1. The van der Waals surface area contributed by atoms with E-state index < -0.39 is 5.91 Å². The van der Waals surface area contributed by atoms with Crippen LogP contribution in [-0.4, -0.2) is 11.9 Å². The van der Waals surface area contributed by atoms with Crippen molar-refractivity contribution in [1.82, 2.24) is 0 Å². The maximum absolute atomic E-state index is 12.1. The number of carbonyl (C=O) groups excluding carboxylic acids is 2. The van der Waals surface area contributed by atoms with Crippen LogP contribution in [0.15, 0.2) is 42.5 Å². The molecule has 2 aromatic rings. The smallest absolute Gasteiger partial charge is 0.338 e. The van der Waals surface area contributed by atoms with E-state index in [4.69, 9.17) is 10.5 Å². The molecule has 2 aromatic carbocycles. The Labute approximate surface area is 128 Å². The van der Waals surface area contributed by atoms with Gasteiger partial charge in [0.1, 0.15) is 6.61 Å². The van der Waals surface area contributed by atoms with E-state index in [0.717, 1.165) is 24.8 Å². The molecular weight excluding hydrogens is 278 g/mol. The highest BCUT2D eigenvalue weighted by atomic mass is 16.5. The topological polar surface area (TPSA) is 69.4 Å². The predicted molar refractivity (Wildman–Crippen MR) is 82.5 cm³/mol. The maximum Gasteiger partial charge on any atom is 0.338 e. The van der Waals surface area contributed by atoms with Crippen LogP contribution >= 0.6 is 0 Å². The number of amides is 1. The van der Waals surface area contributed by atoms with Crippen molar-refractivity contribution in [3.8, 4) is 0 Å². The number of ether oxygens (including phenoxy) is 1. The summed E-state index contributed by atoms with van der Waals surface area (Å²) in [6, 6.07) is 12.5. The van der Waals surface area contributed by atoms with Crippen LogP contribution in [0.2, 0.25) is 0 Å². The Morgan fingerprint density at radius 2 is 1.64 bits per heavy atom. The van der Waals surface area contributed by atoms with E-state index in [1.807, 2.05) is 18.2 Å². The zero-order chi connectivity index (χ0) is 15.5. The van der Waals surface area contributed by atoms with Crippen molar-refractivity contribution >= 4 is 11.9 Å². The van der Waals surface area contributed by atoms with E-state index in [-0.39, 0.29) is 12.6 Å². The largest absolute Gasteiger partial charge is 0.457 e. The van der Waals surface area contributed by atoms with Crippen LogP contribution < -0.4 is 5.73 Å². The fraction of sp³-hybridized carbons (Fsp3) is 0.222. The summed E-state index contributed by atoms with van der Waals surface area (Å²) < 4.78 is 5.32. The van der Waals surface area contributed by atoms with Gasteiger partial charge in [-0.2, -0.15) is 0 Å². The maximum atomic E-state index is 12.1. The van der Waals surface area contributed by atoms with E-state index in [0.29, 0.717) is 11.1 Å². The molecule has 4 nitrogen and oxygen atoms in total. The summed E-state index contributed by atoms with van der Waals surface area (Å²) >= 11 is 0. The lowest BCUT2D eigenvalue weighted by Gasteiger charge is -2.07. The van der Waals surface area contributed by atoms with Crippen LogP contribution in [0, 0.1) is 0 Å². The Morgan fingerprint density at radius 3 is 2.36 bits per heavy atom. The lowest BCUT2D eigenvalue weighted by Crippen LogP contribution is -2.11. The van der Waals surface area contributed by atoms with Gasteiger partial charge in [-0.05, 0) is 60.2 Å². The highest BCUT2D eigenvalue weighted by Gasteiger charge is 2.14. The Bertz CT molecular complexity index is 720. The molecule has 2 N–H and O–H groups in total. The monoisotopic (exact) mass is 295 g/mol. The van der Waals surface area contributed by atoms with Crippen LogP contribution in [0.1, 0.15) is 43.8 Å². The van der Waals surface area contributed by atoms with Crippen molar-refractivity contribution in [1.29, 1.82) is 0 Å². The highest BCUT2D eigenvalue weighted by Crippen LogP contribution is 2.23. The fourth-order valence-corrected chi connectivity index (χ4v) is 2.70. The first-order valence-corrected chi connectivity index (χ1v) is 7.31. The lowest BCUT2D eigenvalue weighted by molar-refractivity contribution is 0.0472. The van der Waals surface area contributed by atoms with Crippen LogP contribution in [0.3, 0.4) is 0 Å². The number of esters is 1. The van der Waals surface area contributed by atoms with E-state index in [2.05, 4.69) is 0 Å². The van der Waals surface area contributed by atoms with Crippen LogP contribution in [0.25, 0.3) is 0 Å². The summed E-state index contributed by atoms with van der Waals surface area (Å²) in [6.07, 6.45) is 3.28. The third kappa shape index (κ3) is 3.01. The summed E-state index contributed by atoms with van der Waals surface area (Å²) in [7, 11) is 0. The second-order valence-corrected chi connectivity index (χ2v) is 5.47. The Morgan fingerprint density at radius 1 is 0.955 bits per heavy atom. The first-order valence-electron chi connectivity index (χ1n) is 7.31. The van der Waals surface area contributed by atoms with E-state index in [1.165, 1.54) is 11.1 Å². The molecule has 22 heavy (non-hydrogen) atoms. The molecule has 0 spiro atoms. The van der Waals surface area contributed by atoms with E-state index in [1.54, 1.807) is 24.3 Å². The molecule has 0 heterocycles. The molecule has 0 saturated carbocycles. The summed E-state index contributed by atoms with van der Waals surface area (Å²) in [5.41, 5.74) is 9.61. The number of primary amides is 1. The standard InChI is InChI=1S/C18H17NO3/c19-17(20)14-6-4-12(5-7-14)11-22-18(21)16-9-8-13-2-1-3-15(13)10-16/h4-10H,1-3,11H2,(H2,19,20). The molecule has 0 atom stereocenters. The van der Waals surface area contributed by atoms with Gasteiger partial charge in [0.2, 0.25) is 5.91 Å². The summed E-state index contributed by atoms with van der Waals surface area (Å²) in [5, 5.41) is 0. The van der Waals surface area contributed by atoms with Gasteiger partial charge in [-0.1, -0.05) is 18.2 Å². The predicted octanol–water partition coefficient (Wildman–Crippen LogP) is 2.63. The molecule has 0 fully saturated rings. The second-order valence-electron chi connectivity index (χ2n) is 5.47. The minimum atomic E-state index is -0.471. The number of hydrogen-bond acceptors (Lipinski definition) is 3. The van der Waals surface area contributed by atoms with Gasteiger partial charge in [-0.15, -0.1) is 0 Å². The average molecular weight is 295 g/mol. The van der Waals surface area contributed by atoms with Gasteiger partial charge in [0, 0.05) is 5.56 Å². The zero-order valence-electron chi connectivity index (χ0n) is 12.2. The molecule has 1 aliphatic rings. The minimum Gasteiger partial charge on any atom is -0.457 e. The number of benzene rings is 2. The highest BCUT2D eigenvalue weighted by molar-refractivity contribution is 5.92. The SMILES string of the molecule is NC(=O)c1ccc(COC(=O)c2ccc3c(c2)CCC3)cc1. The molecule has 0 aromatic heterocycles. The molecule has 112 valence electrons. The molecule has 3 rings (SSSR count). The molecule has 1 aliphatic carbocycles.